The Morgan fingerprint density at radius 3 is 2.56 bits per heavy atom. The van der Waals surface area contributed by atoms with Crippen LogP contribution in [0.4, 0.5) is 0 Å². The van der Waals surface area contributed by atoms with Crippen molar-refractivity contribution in [2.75, 3.05) is 6.61 Å². The van der Waals surface area contributed by atoms with Crippen LogP contribution in [0.25, 0.3) is 0 Å². The molecule has 1 unspecified atom stereocenters. The molecule has 0 saturated heterocycles. The molecule has 0 aromatic carbocycles. The molecule has 5 heteroatoms. The van der Waals surface area contributed by atoms with Gasteiger partial charge in [0.05, 0.1) is 19.1 Å². The Morgan fingerprint density at radius 2 is 2.22 bits per heavy atom. The number of halogens is 1. The summed E-state index contributed by atoms with van der Waals surface area (Å²) in [5, 5.41) is 7.92. The molecule has 2 nitrogen and oxygen atoms in total. The maximum atomic E-state index is 7.92. The maximum Gasteiger partial charge on any atom is 0.110 e. The third-order valence-electron chi connectivity index (χ3n) is 0.370. The van der Waals surface area contributed by atoms with E-state index in [9.17, 15) is 0 Å². The summed E-state index contributed by atoms with van der Waals surface area (Å²) >= 11 is 5.13. The third-order valence-corrected chi connectivity index (χ3v) is 1.01. The largest absolute Gasteiger partial charge is 0.358 e. The van der Waals surface area contributed by atoms with Gasteiger partial charge in [-0.05, 0) is 0 Å². The molecule has 58 valence electrons. The molecule has 1 atom stereocenters. The smallest absolute Gasteiger partial charge is 0.110 e. The van der Waals surface area contributed by atoms with Gasteiger partial charge in [0.15, 0.2) is 0 Å². The van der Waals surface area contributed by atoms with Gasteiger partial charge in [-0.3, -0.25) is 0 Å². The van der Waals surface area contributed by atoms with Crippen molar-refractivity contribution in [1.82, 2.24) is 0 Å². The summed E-state index contributed by atoms with van der Waals surface area (Å²) in [5.74, 6) is 0. The van der Waals surface area contributed by atoms with E-state index in [-0.39, 0.29) is 32.1 Å². The summed E-state index contributed by atoms with van der Waals surface area (Å²) in [5.41, 5.74) is 0. The molecule has 0 radical (unpaired) electrons. The second-order valence-electron chi connectivity index (χ2n) is 0.834. The molecular formula is C4H8ClNNiOP-. The van der Waals surface area contributed by atoms with E-state index in [4.69, 9.17) is 16.5 Å². The number of hydrogen-bond acceptors (Lipinski definition) is 2. The monoisotopic (exact) mass is 210 g/mol. The predicted molar refractivity (Wildman–Crippen MR) is 36.8 cm³/mol. The second kappa shape index (κ2) is 15.9. The first-order valence-corrected chi connectivity index (χ1v) is 3.68. The fraction of sp³-hybridized carbons (Fsp3) is 0.500. The van der Waals surface area contributed by atoms with E-state index in [0.29, 0.717) is 13.0 Å². The Morgan fingerprint density at radius 1 is 1.67 bits per heavy atom. The maximum absolute atomic E-state index is 7.92. The third kappa shape index (κ3) is 17.7. The van der Waals surface area contributed by atoms with Gasteiger partial charge < -0.3 is 12.0 Å². The van der Waals surface area contributed by atoms with Crippen LogP contribution in [0.2, 0.25) is 0 Å². The summed E-state index contributed by atoms with van der Waals surface area (Å²) in [6.45, 7) is 0.457. The van der Waals surface area contributed by atoms with Gasteiger partial charge in [0, 0.05) is 16.5 Å². The van der Waals surface area contributed by atoms with Gasteiger partial charge in [0.2, 0.25) is 0 Å². The quantitative estimate of drug-likeness (QED) is 0.310. The second-order valence-corrected chi connectivity index (χ2v) is 1.74. The molecule has 9 heavy (non-hydrogen) atoms. The topological polar surface area (TPSA) is 33.0 Å². The molecule has 0 amide bonds. The van der Waals surface area contributed by atoms with Gasteiger partial charge in [-0.2, -0.15) is 5.26 Å². The summed E-state index contributed by atoms with van der Waals surface area (Å²) in [4.78, 5) is 0. The molecule has 0 aromatic heterocycles. The van der Waals surface area contributed by atoms with Crippen LogP contribution in [0.5, 0.6) is 0 Å². The molecule has 0 bridgehead atoms. The fourth-order valence-corrected chi connectivity index (χ4v) is 0.546. The molecule has 0 aliphatic rings. The molecule has 0 aliphatic heterocycles. The van der Waals surface area contributed by atoms with Gasteiger partial charge in [0.25, 0.3) is 0 Å². The van der Waals surface area contributed by atoms with Crippen molar-refractivity contribution < 1.29 is 21.0 Å². The molecule has 0 aliphatic carbocycles. The van der Waals surface area contributed by atoms with Crippen molar-refractivity contribution in [3.8, 4) is 6.07 Å². The molecular weight excluding hydrogens is 203 g/mol. The van der Waals surface area contributed by atoms with Crippen molar-refractivity contribution in [3.05, 3.63) is 7.43 Å². The van der Waals surface area contributed by atoms with Crippen LogP contribution in [0.3, 0.4) is 0 Å². The zero-order valence-electron chi connectivity index (χ0n) is 4.96. The molecule has 0 saturated carbocycles. The van der Waals surface area contributed by atoms with Crippen molar-refractivity contribution in [3.63, 3.8) is 0 Å². The van der Waals surface area contributed by atoms with Crippen LogP contribution < -0.4 is 0 Å². The zero-order chi connectivity index (χ0) is 5.54. The molecule has 0 spiro atoms. The van der Waals surface area contributed by atoms with Gasteiger partial charge in [-0.1, -0.05) is 11.2 Å². The fourth-order valence-electron chi connectivity index (χ4n) is 0.135. The molecule has 0 aromatic rings. The average molecular weight is 211 g/mol. The van der Waals surface area contributed by atoms with E-state index < -0.39 is 0 Å². The first-order chi connectivity index (χ1) is 3.41. The molecule has 0 heterocycles. The van der Waals surface area contributed by atoms with Crippen molar-refractivity contribution >= 4 is 19.4 Å². The average Bonchev–Trinajstić information content (AvgIpc) is 1.69. The molecule has 0 N–H and O–H groups in total. The molecule has 0 fully saturated rings. The van der Waals surface area contributed by atoms with E-state index >= 15 is 0 Å². The van der Waals surface area contributed by atoms with Crippen molar-refractivity contribution in [2.24, 2.45) is 0 Å². The standard InChI is InChI=1S/C3H5ClNOP.CH3.Ni/c4-7-6-3-1-2-5;;/h7H,1,3H2;1H3;/q;-1;. The zero-order valence-corrected chi connectivity index (χ0v) is 7.71. The van der Waals surface area contributed by atoms with Crippen LogP contribution in [0, 0.1) is 18.8 Å². The first kappa shape index (κ1) is 16.3. The van der Waals surface area contributed by atoms with E-state index in [1.807, 2.05) is 6.07 Å². The Balaban J connectivity index is -0.000000180. The summed E-state index contributed by atoms with van der Waals surface area (Å²) in [7, 11) is -0.0113. The first-order valence-electron chi connectivity index (χ1n) is 1.76. The van der Waals surface area contributed by atoms with E-state index in [2.05, 4.69) is 4.52 Å². The van der Waals surface area contributed by atoms with Crippen LogP contribution in [-0.4, -0.2) is 6.61 Å². The van der Waals surface area contributed by atoms with Gasteiger partial charge in [-0.15, -0.1) is 0 Å². The van der Waals surface area contributed by atoms with Crippen molar-refractivity contribution in [2.45, 2.75) is 6.42 Å². The molecule has 0 rings (SSSR count). The predicted octanol–water partition coefficient (Wildman–Crippen LogP) is 2.11. The normalized spacial score (nSPS) is 7.56. The Kier molecular flexibility index (Phi) is 28.8. The Labute approximate surface area is 72.5 Å². The minimum atomic E-state index is -0.0113. The summed E-state index contributed by atoms with van der Waals surface area (Å²) < 4.78 is 4.64. The van der Waals surface area contributed by atoms with Crippen LogP contribution in [0.1, 0.15) is 6.42 Å². The van der Waals surface area contributed by atoms with E-state index in [1.54, 1.807) is 0 Å². The Hall–Kier alpha value is 0.664. The van der Waals surface area contributed by atoms with Crippen LogP contribution >= 0.6 is 19.4 Å². The van der Waals surface area contributed by atoms with E-state index in [1.165, 1.54) is 0 Å². The SMILES string of the molecule is N#CCCOPCl.[CH3-].[Ni]. The van der Waals surface area contributed by atoms with Crippen molar-refractivity contribution in [1.29, 1.82) is 5.26 Å². The van der Waals surface area contributed by atoms with Crippen LogP contribution in [-0.2, 0) is 21.0 Å². The number of hydrogen-bond donors (Lipinski definition) is 0. The summed E-state index contributed by atoms with van der Waals surface area (Å²) in [6, 6.07) is 1.92. The minimum absolute atomic E-state index is 0. The Bertz CT molecular complexity index is 77.5. The minimum Gasteiger partial charge on any atom is -0.358 e. The number of nitriles is 1. The van der Waals surface area contributed by atoms with Crippen LogP contribution in [0.15, 0.2) is 0 Å². The number of rotatable bonds is 3. The number of nitrogens with zero attached hydrogens (tertiary/aromatic N) is 1. The van der Waals surface area contributed by atoms with Gasteiger partial charge in [0.1, 0.15) is 8.16 Å². The van der Waals surface area contributed by atoms with Gasteiger partial charge >= 0.3 is 0 Å². The summed E-state index contributed by atoms with van der Waals surface area (Å²) in [6.07, 6.45) is 0.430. The van der Waals surface area contributed by atoms with E-state index in [0.717, 1.165) is 0 Å². The van der Waals surface area contributed by atoms with Gasteiger partial charge in [-0.25, -0.2) is 0 Å².